The first-order valence-electron chi connectivity index (χ1n) is 7.50. The third-order valence-corrected chi connectivity index (χ3v) is 7.44. The topological polar surface area (TPSA) is 77.5 Å². The van der Waals surface area contributed by atoms with Gasteiger partial charge in [0.25, 0.3) is 0 Å². The van der Waals surface area contributed by atoms with Gasteiger partial charge in [-0.3, -0.25) is 9.59 Å². The quantitative estimate of drug-likeness (QED) is 0.789. The molecule has 0 radical (unpaired) electrons. The maximum Gasteiger partial charge on any atom is 0.308 e. The molecule has 0 amide bonds. The molecule has 0 N–H and O–H groups in total. The Kier molecular flexibility index (Phi) is 3.88. The number of methoxy groups -OCH3 is 1. The number of fused-ring (bicyclic) bond motifs is 1. The lowest BCUT2D eigenvalue weighted by Crippen LogP contribution is -2.43. The van der Waals surface area contributed by atoms with Gasteiger partial charge in [0.2, 0.25) is 0 Å². The highest BCUT2D eigenvalue weighted by atomic mass is 32.2. The molecular weight excluding hydrogens is 316 g/mol. The average molecular weight is 334 g/mol. The Hall–Kier alpha value is -1.95. The van der Waals surface area contributed by atoms with Gasteiger partial charge in [0.1, 0.15) is 0 Å². The number of hydrogen-bond acceptors (Lipinski definition) is 5. The van der Waals surface area contributed by atoms with E-state index in [-0.39, 0.29) is 23.5 Å². The number of ketones is 1. The molecule has 2 aliphatic rings. The van der Waals surface area contributed by atoms with Gasteiger partial charge in [-0.1, -0.05) is 24.3 Å². The number of carbonyl (C=O) groups excluding carboxylic acids is 2. The molecule has 0 aliphatic heterocycles. The standard InChI is InChI=1S/C17H18O5S/c1-22-16(19)12-9-13-10-14(18)7-8-17(13,11-12)23(20,21)15-5-3-2-4-6-15/h2-8,12-13H,9-11H2,1H3/t12-,13+,17-/m1/s1. The zero-order valence-electron chi connectivity index (χ0n) is 12.8. The van der Waals surface area contributed by atoms with Crippen LogP contribution in [-0.2, 0) is 24.2 Å². The summed E-state index contributed by atoms with van der Waals surface area (Å²) in [5.74, 6) is -1.41. The largest absolute Gasteiger partial charge is 0.469 e. The van der Waals surface area contributed by atoms with Crippen LogP contribution in [0.1, 0.15) is 19.3 Å². The molecule has 122 valence electrons. The van der Waals surface area contributed by atoms with Crippen molar-refractivity contribution in [2.75, 3.05) is 7.11 Å². The second-order valence-corrected chi connectivity index (χ2v) is 8.37. The Morgan fingerprint density at radius 3 is 2.61 bits per heavy atom. The maximum absolute atomic E-state index is 13.2. The maximum atomic E-state index is 13.2. The van der Waals surface area contributed by atoms with Crippen molar-refractivity contribution in [3.8, 4) is 0 Å². The Bertz CT molecular complexity index is 765. The first-order chi connectivity index (χ1) is 10.9. The summed E-state index contributed by atoms with van der Waals surface area (Å²) in [6, 6.07) is 8.19. The fourth-order valence-electron chi connectivity index (χ4n) is 3.77. The minimum Gasteiger partial charge on any atom is -0.469 e. The predicted molar refractivity (Wildman–Crippen MR) is 83.4 cm³/mol. The van der Waals surface area contributed by atoms with Crippen molar-refractivity contribution >= 4 is 21.6 Å². The number of esters is 1. The molecule has 1 fully saturated rings. The van der Waals surface area contributed by atoms with E-state index in [1.807, 2.05) is 0 Å². The second kappa shape index (κ2) is 5.60. The van der Waals surface area contributed by atoms with Crippen molar-refractivity contribution in [2.45, 2.75) is 28.9 Å². The van der Waals surface area contributed by atoms with Gasteiger partial charge in [-0.15, -0.1) is 0 Å². The third-order valence-electron chi connectivity index (χ3n) is 4.91. The number of hydrogen-bond donors (Lipinski definition) is 0. The Balaban J connectivity index is 2.10. The molecule has 3 atom stereocenters. The molecule has 0 spiro atoms. The van der Waals surface area contributed by atoms with Crippen molar-refractivity contribution in [1.29, 1.82) is 0 Å². The van der Waals surface area contributed by atoms with Crippen molar-refractivity contribution in [3.63, 3.8) is 0 Å². The lowest BCUT2D eigenvalue weighted by molar-refractivity contribution is -0.145. The van der Waals surface area contributed by atoms with Gasteiger partial charge >= 0.3 is 5.97 Å². The molecule has 0 unspecified atom stereocenters. The molecular formula is C17H18O5S. The summed E-state index contributed by atoms with van der Waals surface area (Å²) in [6.45, 7) is 0. The van der Waals surface area contributed by atoms with E-state index in [2.05, 4.69) is 0 Å². The first-order valence-corrected chi connectivity index (χ1v) is 8.98. The van der Waals surface area contributed by atoms with Crippen LogP contribution in [0.5, 0.6) is 0 Å². The first kappa shape index (κ1) is 15.9. The molecule has 2 aliphatic carbocycles. The Morgan fingerprint density at radius 2 is 1.96 bits per heavy atom. The number of allylic oxidation sites excluding steroid dienone is 1. The molecule has 0 aromatic heterocycles. The monoisotopic (exact) mass is 334 g/mol. The van der Waals surface area contributed by atoms with E-state index in [1.54, 1.807) is 30.3 Å². The van der Waals surface area contributed by atoms with Gasteiger partial charge < -0.3 is 4.74 Å². The van der Waals surface area contributed by atoms with Crippen LogP contribution in [0.25, 0.3) is 0 Å². The second-order valence-electron chi connectivity index (χ2n) is 6.13. The van der Waals surface area contributed by atoms with E-state index in [0.29, 0.717) is 6.42 Å². The normalized spacial score (nSPS) is 30.0. The Labute approximate surface area is 135 Å². The van der Waals surface area contributed by atoms with Crippen LogP contribution in [0.4, 0.5) is 0 Å². The average Bonchev–Trinajstić information content (AvgIpc) is 2.95. The summed E-state index contributed by atoms with van der Waals surface area (Å²) in [4.78, 5) is 23.9. The molecule has 1 saturated carbocycles. The van der Waals surface area contributed by atoms with Gasteiger partial charge in [0.05, 0.1) is 22.7 Å². The van der Waals surface area contributed by atoms with Gasteiger partial charge in [-0.2, -0.15) is 0 Å². The van der Waals surface area contributed by atoms with E-state index in [4.69, 9.17) is 4.74 Å². The molecule has 0 bridgehead atoms. The summed E-state index contributed by atoms with van der Waals surface area (Å²) in [5, 5.41) is 0. The lowest BCUT2D eigenvalue weighted by Gasteiger charge is -2.34. The summed E-state index contributed by atoms with van der Waals surface area (Å²) in [7, 11) is -2.41. The zero-order valence-corrected chi connectivity index (χ0v) is 13.6. The van der Waals surface area contributed by atoms with Gasteiger partial charge in [0, 0.05) is 6.42 Å². The van der Waals surface area contributed by atoms with Crippen molar-refractivity contribution < 1.29 is 22.7 Å². The fraction of sp³-hybridized carbons (Fsp3) is 0.412. The van der Waals surface area contributed by atoms with Crippen LogP contribution in [0, 0.1) is 11.8 Å². The zero-order chi connectivity index (χ0) is 16.7. The van der Waals surface area contributed by atoms with Crippen molar-refractivity contribution in [3.05, 3.63) is 42.5 Å². The van der Waals surface area contributed by atoms with Crippen LogP contribution in [0.3, 0.4) is 0 Å². The van der Waals surface area contributed by atoms with E-state index in [9.17, 15) is 18.0 Å². The number of benzene rings is 1. The number of sulfone groups is 1. The smallest absolute Gasteiger partial charge is 0.308 e. The molecule has 1 aromatic carbocycles. The van der Waals surface area contributed by atoms with Crippen LogP contribution in [0.15, 0.2) is 47.4 Å². The molecule has 6 heteroatoms. The lowest BCUT2D eigenvalue weighted by atomic mass is 9.85. The Morgan fingerprint density at radius 1 is 1.26 bits per heavy atom. The van der Waals surface area contributed by atoms with Crippen molar-refractivity contribution in [2.24, 2.45) is 11.8 Å². The van der Waals surface area contributed by atoms with E-state index in [0.717, 1.165) is 0 Å². The summed E-state index contributed by atoms with van der Waals surface area (Å²) in [6.07, 6.45) is 3.50. The van der Waals surface area contributed by atoms with E-state index >= 15 is 0 Å². The number of ether oxygens (including phenoxy) is 1. The fourth-order valence-corrected chi connectivity index (χ4v) is 6.01. The summed E-state index contributed by atoms with van der Waals surface area (Å²) < 4.78 is 30.1. The van der Waals surface area contributed by atoms with Gasteiger partial charge in [0.15, 0.2) is 15.6 Å². The molecule has 1 aromatic rings. The van der Waals surface area contributed by atoms with Crippen LogP contribution in [-0.4, -0.2) is 32.0 Å². The highest BCUT2D eigenvalue weighted by molar-refractivity contribution is 7.93. The predicted octanol–water partition coefficient (Wildman–Crippen LogP) is 1.93. The van der Waals surface area contributed by atoms with E-state index < -0.39 is 32.4 Å². The molecule has 23 heavy (non-hydrogen) atoms. The number of carbonyl (C=O) groups is 2. The number of rotatable bonds is 3. The molecule has 0 heterocycles. The van der Waals surface area contributed by atoms with Gasteiger partial charge in [-0.25, -0.2) is 8.42 Å². The summed E-state index contributed by atoms with van der Waals surface area (Å²) >= 11 is 0. The SMILES string of the molecule is COC(=O)[C@@H]1C[C@H]2CC(=O)C=C[C@@]2(S(=O)(=O)c2ccccc2)C1. The van der Waals surface area contributed by atoms with E-state index in [1.165, 1.54) is 19.3 Å². The highest BCUT2D eigenvalue weighted by Gasteiger charge is 2.58. The van der Waals surface area contributed by atoms with Crippen LogP contribution >= 0.6 is 0 Å². The van der Waals surface area contributed by atoms with Gasteiger partial charge in [-0.05, 0) is 37.0 Å². The summed E-state index contributed by atoms with van der Waals surface area (Å²) in [5.41, 5.74) is 0. The molecule has 0 saturated heterocycles. The van der Waals surface area contributed by atoms with Crippen LogP contribution < -0.4 is 0 Å². The molecule has 5 nitrogen and oxygen atoms in total. The van der Waals surface area contributed by atoms with Crippen molar-refractivity contribution in [1.82, 2.24) is 0 Å². The highest BCUT2D eigenvalue weighted by Crippen LogP contribution is 2.51. The minimum absolute atomic E-state index is 0.0978. The third kappa shape index (κ3) is 2.41. The van der Waals surface area contributed by atoms with Crippen LogP contribution in [0.2, 0.25) is 0 Å². The minimum atomic E-state index is -3.71. The molecule has 3 rings (SSSR count).